The molecule has 0 bridgehead atoms. The third-order valence-corrected chi connectivity index (χ3v) is 3.70. The molecule has 0 fully saturated rings. The summed E-state index contributed by atoms with van der Waals surface area (Å²) < 4.78 is 10.6. The van der Waals surface area contributed by atoms with Crippen LogP contribution in [0.3, 0.4) is 0 Å². The molecule has 1 aromatic heterocycles. The molecule has 1 heterocycles. The SMILES string of the molecule is CCOC(=O)c1cccc(NCc2cc3ccccc3o2)c1C(=O)O. The first-order chi connectivity index (χ1) is 12.1. The number of para-hydroxylation sites is 1. The van der Waals surface area contributed by atoms with Crippen LogP contribution in [0.15, 0.2) is 52.9 Å². The molecule has 2 aromatic carbocycles. The predicted molar refractivity (Wildman–Crippen MR) is 92.9 cm³/mol. The molecule has 0 saturated heterocycles. The number of esters is 1. The Bertz CT molecular complexity index is 895. The second kappa shape index (κ2) is 7.09. The summed E-state index contributed by atoms with van der Waals surface area (Å²) in [6.45, 7) is 2.14. The number of ether oxygens (including phenoxy) is 1. The van der Waals surface area contributed by atoms with Gasteiger partial charge in [0.1, 0.15) is 11.3 Å². The van der Waals surface area contributed by atoms with Crippen LogP contribution in [0.4, 0.5) is 5.69 Å². The van der Waals surface area contributed by atoms with E-state index in [0.717, 1.165) is 11.0 Å². The van der Waals surface area contributed by atoms with Gasteiger partial charge in [0.15, 0.2) is 0 Å². The van der Waals surface area contributed by atoms with Crippen molar-refractivity contribution in [2.24, 2.45) is 0 Å². The molecular weight excluding hydrogens is 322 g/mol. The zero-order valence-corrected chi connectivity index (χ0v) is 13.6. The highest BCUT2D eigenvalue weighted by Crippen LogP contribution is 2.24. The first-order valence-electron chi connectivity index (χ1n) is 7.85. The van der Waals surface area contributed by atoms with Gasteiger partial charge in [-0.2, -0.15) is 0 Å². The Hall–Kier alpha value is -3.28. The van der Waals surface area contributed by atoms with Gasteiger partial charge in [0.25, 0.3) is 0 Å². The number of carboxylic acids is 1. The molecule has 6 heteroatoms. The minimum Gasteiger partial charge on any atom is -0.478 e. The lowest BCUT2D eigenvalue weighted by molar-refractivity contribution is 0.0515. The predicted octanol–water partition coefficient (Wildman–Crippen LogP) is 3.92. The summed E-state index contributed by atoms with van der Waals surface area (Å²) in [4.78, 5) is 23.6. The molecule has 0 aliphatic carbocycles. The van der Waals surface area contributed by atoms with E-state index in [1.54, 1.807) is 19.1 Å². The number of carbonyl (C=O) groups is 2. The van der Waals surface area contributed by atoms with E-state index in [0.29, 0.717) is 18.0 Å². The largest absolute Gasteiger partial charge is 0.478 e. The first kappa shape index (κ1) is 16.6. The van der Waals surface area contributed by atoms with Gasteiger partial charge in [-0.15, -0.1) is 0 Å². The van der Waals surface area contributed by atoms with Crippen LogP contribution in [0.2, 0.25) is 0 Å². The number of nitrogens with one attached hydrogen (secondary N) is 1. The van der Waals surface area contributed by atoms with Crippen molar-refractivity contribution in [3.8, 4) is 0 Å². The van der Waals surface area contributed by atoms with Gasteiger partial charge >= 0.3 is 11.9 Å². The van der Waals surface area contributed by atoms with Gasteiger partial charge in [-0.05, 0) is 31.2 Å². The number of carbonyl (C=O) groups excluding carboxylic acids is 1. The van der Waals surface area contributed by atoms with Crippen molar-refractivity contribution in [1.82, 2.24) is 0 Å². The Kier molecular flexibility index (Phi) is 4.70. The maximum Gasteiger partial charge on any atom is 0.339 e. The number of fused-ring (bicyclic) bond motifs is 1. The first-order valence-corrected chi connectivity index (χ1v) is 7.85. The monoisotopic (exact) mass is 339 g/mol. The summed E-state index contributed by atoms with van der Waals surface area (Å²) >= 11 is 0. The highest BCUT2D eigenvalue weighted by atomic mass is 16.5. The number of anilines is 1. The average Bonchev–Trinajstić information content (AvgIpc) is 3.02. The lowest BCUT2D eigenvalue weighted by Gasteiger charge is -2.12. The van der Waals surface area contributed by atoms with Crippen LogP contribution in [0, 0.1) is 0 Å². The minimum absolute atomic E-state index is 0.0176. The van der Waals surface area contributed by atoms with Crippen molar-refractivity contribution in [3.05, 3.63) is 65.4 Å². The van der Waals surface area contributed by atoms with Crippen molar-refractivity contribution < 1.29 is 23.8 Å². The van der Waals surface area contributed by atoms with Crippen LogP contribution in [0.1, 0.15) is 33.4 Å². The van der Waals surface area contributed by atoms with Gasteiger partial charge in [-0.1, -0.05) is 24.3 Å². The summed E-state index contributed by atoms with van der Waals surface area (Å²) in [5.74, 6) is -1.19. The number of rotatable bonds is 6. The highest BCUT2D eigenvalue weighted by molar-refractivity contribution is 6.06. The van der Waals surface area contributed by atoms with E-state index in [-0.39, 0.29) is 17.7 Å². The molecule has 0 saturated carbocycles. The fourth-order valence-electron chi connectivity index (χ4n) is 2.62. The molecule has 2 N–H and O–H groups in total. The fourth-order valence-corrected chi connectivity index (χ4v) is 2.62. The highest BCUT2D eigenvalue weighted by Gasteiger charge is 2.21. The van der Waals surface area contributed by atoms with Gasteiger partial charge in [0.05, 0.1) is 24.3 Å². The molecule has 0 amide bonds. The number of furan rings is 1. The molecule has 0 unspecified atom stereocenters. The molecule has 0 radical (unpaired) electrons. The van der Waals surface area contributed by atoms with Crippen LogP contribution in [0.5, 0.6) is 0 Å². The maximum atomic E-state index is 12.0. The zero-order chi connectivity index (χ0) is 17.8. The molecule has 0 aliphatic heterocycles. The van der Waals surface area contributed by atoms with Crippen LogP contribution in [-0.4, -0.2) is 23.7 Å². The van der Waals surface area contributed by atoms with Crippen LogP contribution in [0.25, 0.3) is 11.0 Å². The Balaban J connectivity index is 1.87. The van der Waals surface area contributed by atoms with Gasteiger partial charge in [-0.3, -0.25) is 0 Å². The summed E-state index contributed by atoms with van der Waals surface area (Å²) in [6, 6.07) is 14.1. The standard InChI is InChI=1S/C19H17NO5/c1-2-24-19(23)14-7-5-8-15(17(14)18(21)22)20-11-13-10-12-6-3-4-9-16(12)25-13/h3-10,20H,2,11H2,1H3,(H,21,22). The second-order valence-corrected chi connectivity index (χ2v) is 5.36. The van der Waals surface area contributed by atoms with Crippen molar-refractivity contribution in [2.45, 2.75) is 13.5 Å². The van der Waals surface area contributed by atoms with Crippen LogP contribution in [-0.2, 0) is 11.3 Å². The van der Waals surface area contributed by atoms with Gasteiger partial charge < -0.3 is 19.6 Å². The zero-order valence-electron chi connectivity index (χ0n) is 13.6. The Morgan fingerprint density at radius 3 is 2.68 bits per heavy atom. The molecular formula is C19H17NO5. The van der Waals surface area contributed by atoms with E-state index in [2.05, 4.69) is 5.32 Å². The lowest BCUT2D eigenvalue weighted by Crippen LogP contribution is -2.14. The van der Waals surface area contributed by atoms with Crippen LogP contribution < -0.4 is 5.32 Å². The second-order valence-electron chi connectivity index (χ2n) is 5.36. The Labute approximate surface area is 144 Å². The third kappa shape index (κ3) is 3.47. The molecule has 0 spiro atoms. The van der Waals surface area contributed by atoms with Gasteiger partial charge in [0.2, 0.25) is 0 Å². The van der Waals surface area contributed by atoms with Crippen LogP contribution >= 0.6 is 0 Å². The quantitative estimate of drug-likeness (QED) is 0.662. The van der Waals surface area contributed by atoms with E-state index < -0.39 is 11.9 Å². The number of carboxylic acid groups (broad SMARTS) is 1. The van der Waals surface area contributed by atoms with Crippen molar-refractivity contribution in [1.29, 1.82) is 0 Å². The van der Waals surface area contributed by atoms with E-state index in [1.165, 1.54) is 6.07 Å². The minimum atomic E-state index is -1.20. The summed E-state index contributed by atoms with van der Waals surface area (Å²) in [5.41, 5.74) is 0.998. The summed E-state index contributed by atoms with van der Waals surface area (Å²) in [6.07, 6.45) is 0. The number of hydrogen-bond acceptors (Lipinski definition) is 5. The third-order valence-electron chi connectivity index (χ3n) is 3.70. The Morgan fingerprint density at radius 2 is 1.96 bits per heavy atom. The summed E-state index contributed by atoms with van der Waals surface area (Å²) in [7, 11) is 0. The molecule has 6 nitrogen and oxygen atoms in total. The normalized spacial score (nSPS) is 10.6. The number of hydrogen-bond donors (Lipinski definition) is 2. The fraction of sp³-hybridized carbons (Fsp3) is 0.158. The number of benzene rings is 2. The smallest absolute Gasteiger partial charge is 0.339 e. The van der Waals surface area contributed by atoms with Gasteiger partial charge in [-0.25, -0.2) is 9.59 Å². The topological polar surface area (TPSA) is 88.8 Å². The van der Waals surface area contributed by atoms with E-state index in [4.69, 9.17) is 9.15 Å². The van der Waals surface area contributed by atoms with E-state index >= 15 is 0 Å². The molecule has 0 atom stereocenters. The lowest BCUT2D eigenvalue weighted by atomic mass is 10.1. The molecule has 25 heavy (non-hydrogen) atoms. The van der Waals surface area contributed by atoms with Crippen molar-refractivity contribution >= 4 is 28.6 Å². The van der Waals surface area contributed by atoms with Crippen molar-refractivity contribution in [3.63, 3.8) is 0 Å². The Morgan fingerprint density at radius 1 is 1.16 bits per heavy atom. The number of aromatic carboxylic acids is 1. The maximum absolute atomic E-state index is 12.0. The van der Waals surface area contributed by atoms with E-state index in [9.17, 15) is 14.7 Å². The van der Waals surface area contributed by atoms with Crippen molar-refractivity contribution in [2.75, 3.05) is 11.9 Å². The molecule has 0 aliphatic rings. The molecule has 128 valence electrons. The molecule has 3 rings (SSSR count). The van der Waals surface area contributed by atoms with Gasteiger partial charge in [0, 0.05) is 11.1 Å². The molecule has 3 aromatic rings. The summed E-state index contributed by atoms with van der Waals surface area (Å²) in [5, 5.41) is 13.5. The van der Waals surface area contributed by atoms with E-state index in [1.807, 2.05) is 30.3 Å². The average molecular weight is 339 g/mol.